The number of rotatable bonds is 4. The van der Waals surface area contributed by atoms with Crippen molar-refractivity contribution in [2.75, 3.05) is 4.90 Å². The fraction of sp³-hybridized carbons (Fsp3) is 0.238. The minimum absolute atomic E-state index is 0.125. The van der Waals surface area contributed by atoms with Gasteiger partial charge < -0.3 is 14.4 Å². The van der Waals surface area contributed by atoms with Gasteiger partial charge in [-0.1, -0.05) is 12.1 Å². The maximum absolute atomic E-state index is 11.2. The molecule has 28 heavy (non-hydrogen) atoms. The molecule has 1 unspecified atom stereocenters. The molecule has 0 amide bonds. The molecule has 3 rings (SSSR count). The van der Waals surface area contributed by atoms with Crippen LogP contribution in [-0.2, 0) is 6.42 Å². The second-order valence-corrected chi connectivity index (χ2v) is 7.16. The van der Waals surface area contributed by atoms with E-state index in [0.29, 0.717) is 0 Å². The lowest BCUT2D eigenvalue weighted by Crippen LogP contribution is -2.33. The molecular formula is C21H19NO5S. The Morgan fingerprint density at radius 3 is 2.46 bits per heavy atom. The minimum Gasteiger partial charge on any atom is -0.478 e. The van der Waals surface area contributed by atoms with Crippen LogP contribution < -0.4 is 9.08 Å². The second-order valence-electron chi connectivity index (χ2n) is 6.63. The standard InChI is InChI=1S/C21H19NO5S/c1-13-3-5-15-6-4-14(2)22(19(15)9-13)7-8-28-27-18-11-16(20(23)24)10-17(12-18)21(25)26/h3,5,9-12,14H,4,6H2,1-2H3,(H,23,24)(H,25,26). The van der Waals surface area contributed by atoms with Crippen LogP contribution in [0.3, 0.4) is 0 Å². The van der Waals surface area contributed by atoms with Gasteiger partial charge in [-0.25, -0.2) is 9.59 Å². The Bertz CT molecular complexity index is 960. The molecule has 1 heterocycles. The third-order valence-electron chi connectivity index (χ3n) is 4.52. The zero-order valence-corrected chi connectivity index (χ0v) is 16.2. The van der Waals surface area contributed by atoms with Crippen LogP contribution in [0.1, 0.15) is 45.2 Å². The van der Waals surface area contributed by atoms with E-state index in [4.69, 9.17) is 14.4 Å². The third-order valence-corrected chi connectivity index (χ3v) is 4.97. The van der Waals surface area contributed by atoms with Crippen molar-refractivity contribution >= 4 is 29.7 Å². The molecule has 0 radical (unpaired) electrons. The monoisotopic (exact) mass is 397 g/mol. The molecule has 1 aliphatic heterocycles. The molecule has 0 bridgehead atoms. The van der Waals surface area contributed by atoms with Gasteiger partial charge in [0.15, 0.2) is 0 Å². The van der Waals surface area contributed by atoms with Crippen molar-refractivity contribution in [1.82, 2.24) is 0 Å². The van der Waals surface area contributed by atoms with Gasteiger partial charge in [-0.2, -0.15) is 0 Å². The van der Waals surface area contributed by atoms with E-state index < -0.39 is 11.9 Å². The van der Waals surface area contributed by atoms with E-state index >= 15 is 0 Å². The van der Waals surface area contributed by atoms with Gasteiger partial charge >= 0.3 is 11.9 Å². The van der Waals surface area contributed by atoms with Gasteiger partial charge in [0.25, 0.3) is 0 Å². The molecule has 0 saturated heterocycles. The molecule has 2 N–H and O–H groups in total. The quantitative estimate of drug-likeness (QED) is 0.591. The molecular weight excluding hydrogens is 378 g/mol. The summed E-state index contributed by atoms with van der Waals surface area (Å²) in [4.78, 5) is 24.3. The summed E-state index contributed by atoms with van der Waals surface area (Å²) in [5, 5.41) is 21.1. The molecule has 0 fully saturated rings. The lowest BCUT2D eigenvalue weighted by Gasteiger charge is -2.32. The van der Waals surface area contributed by atoms with Crippen LogP contribution >= 0.6 is 12.0 Å². The third kappa shape index (κ3) is 4.41. The zero-order chi connectivity index (χ0) is 20.3. The van der Waals surface area contributed by atoms with Crippen molar-refractivity contribution in [1.29, 1.82) is 0 Å². The van der Waals surface area contributed by atoms with Gasteiger partial charge in [0.1, 0.15) is 17.8 Å². The highest BCUT2D eigenvalue weighted by Gasteiger charge is 2.21. The van der Waals surface area contributed by atoms with E-state index in [1.807, 2.05) is 11.8 Å². The van der Waals surface area contributed by atoms with E-state index in [2.05, 4.69) is 36.4 Å². The normalized spacial score (nSPS) is 15.2. The van der Waals surface area contributed by atoms with Crippen LogP contribution in [0.4, 0.5) is 5.69 Å². The van der Waals surface area contributed by atoms with Crippen LogP contribution in [0, 0.1) is 18.2 Å². The fourth-order valence-corrected chi connectivity index (χ4v) is 3.41. The van der Waals surface area contributed by atoms with Crippen LogP contribution in [0.5, 0.6) is 5.75 Å². The molecule has 0 aliphatic carbocycles. The summed E-state index contributed by atoms with van der Waals surface area (Å²) in [5.41, 5.74) is 3.20. The number of carboxylic acids is 2. The maximum Gasteiger partial charge on any atom is 0.335 e. The smallest absolute Gasteiger partial charge is 0.335 e. The Kier molecular flexibility index (Phi) is 5.81. The van der Waals surface area contributed by atoms with Crippen molar-refractivity contribution in [3.05, 3.63) is 58.7 Å². The largest absolute Gasteiger partial charge is 0.478 e. The van der Waals surface area contributed by atoms with Gasteiger partial charge in [-0.3, -0.25) is 4.90 Å². The topological polar surface area (TPSA) is 87.1 Å². The van der Waals surface area contributed by atoms with Crippen molar-refractivity contribution in [3.63, 3.8) is 0 Å². The SMILES string of the molecule is Cc1ccc2c(c1)N(C#CSOc1cc(C(=O)O)cc(C(=O)O)c1)C(C)CC2. The van der Waals surface area contributed by atoms with Crippen molar-refractivity contribution < 1.29 is 24.0 Å². The van der Waals surface area contributed by atoms with E-state index in [0.717, 1.165) is 42.2 Å². The molecule has 7 heteroatoms. The average Bonchev–Trinajstić information content (AvgIpc) is 2.66. The van der Waals surface area contributed by atoms with E-state index in [1.165, 1.54) is 17.7 Å². The number of aryl methyl sites for hydroxylation is 2. The van der Waals surface area contributed by atoms with Crippen LogP contribution in [-0.4, -0.2) is 28.2 Å². The van der Waals surface area contributed by atoms with E-state index in [1.54, 1.807) is 0 Å². The number of benzene rings is 2. The number of fused-ring (bicyclic) bond motifs is 1. The summed E-state index contributed by atoms with van der Waals surface area (Å²) in [6, 6.07) is 13.3. The predicted molar refractivity (Wildman–Crippen MR) is 108 cm³/mol. The molecule has 0 saturated carbocycles. The highest BCUT2D eigenvalue weighted by Crippen LogP contribution is 2.31. The highest BCUT2D eigenvalue weighted by atomic mass is 32.2. The maximum atomic E-state index is 11.2. The predicted octanol–water partition coefficient (Wildman–Crippen LogP) is 4.18. The molecule has 1 aliphatic rings. The molecule has 1 atom stereocenters. The molecule has 144 valence electrons. The summed E-state index contributed by atoms with van der Waals surface area (Å²) in [6.45, 7) is 4.15. The van der Waals surface area contributed by atoms with Gasteiger partial charge in [-0.15, -0.1) is 0 Å². The van der Waals surface area contributed by atoms with Gasteiger partial charge in [-0.05, 0) is 62.1 Å². The zero-order valence-electron chi connectivity index (χ0n) is 15.4. The first-order valence-electron chi connectivity index (χ1n) is 8.70. The first-order chi connectivity index (χ1) is 13.3. The number of hydrogen-bond donors (Lipinski definition) is 2. The van der Waals surface area contributed by atoms with Crippen molar-refractivity contribution in [3.8, 4) is 17.0 Å². The Morgan fingerprint density at radius 2 is 1.82 bits per heavy atom. The fourth-order valence-electron chi connectivity index (χ4n) is 3.04. The first-order valence-corrected chi connectivity index (χ1v) is 9.44. The first kappa shape index (κ1) is 19.6. The number of aromatic carboxylic acids is 2. The lowest BCUT2D eigenvalue weighted by molar-refractivity contribution is 0.0696. The van der Waals surface area contributed by atoms with E-state index in [-0.39, 0.29) is 22.9 Å². The van der Waals surface area contributed by atoms with Crippen LogP contribution in [0.15, 0.2) is 36.4 Å². The summed E-state index contributed by atoms with van der Waals surface area (Å²) in [5.74, 6) is -2.32. The number of hydrogen-bond acceptors (Lipinski definition) is 5. The summed E-state index contributed by atoms with van der Waals surface area (Å²) < 4.78 is 5.42. The average molecular weight is 397 g/mol. The van der Waals surface area contributed by atoms with Gasteiger partial charge in [0.05, 0.1) is 16.8 Å². The van der Waals surface area contributed by atoms with Gasteiger partial charge in [0, 0.05) is 17.3 Å². The number of carboxylic acid groups (broad SMARTS) is 2. The Morgan fingerprint density at radius 1 is 1.14 bits per heavy atom. The lowest BCUT2D eigenvalue weighted by atomic mass is 9.96. The summed E-state index contributed by atoms with van der Waals surface area (Å²) in [7, 11) is 0. The summed E-state index contributed by atoms with van der Waals surface area (Å²) in [6.07, 6.45) is 2.01. The van der Waals surface area contributed by atoms with E-state index in [9.17, 15) is 9.59 Å². The Hall–Kier alpha value is -3.11. The van der Waals surface area contributed by atoms with Crippen molar-refractivity contribution in [2.24, 2.45) is 0 Å². The summed E-state index contributed by atoms with van der Waals surface area (Å²) >= 11 is 0.833. The minimum atomic E-state index is -1.22. The molecule has 0 aromatic heterocycles. The number of anilines is 1. The Labute approximate surface area is 167 Å². The van der Waals surface area contributed by atoms with Gasteiger partial charge in [0.2, 0.25) is 0 Å². The van der Waals surface area contributed by atoms with Crippen LogP contribution in [0.25, 0.3) is 0 Å². The molecule has 0 spiro atoms. The second kappa shape index (κ2) is 8.28. The highest BCUT2D eigenvalue weighted by molar-refractivity contribution is 7.99. The number of nitrogens with zero attached hydrogens (tertiary/aromatic N) is 1. The molecule has 2 aromatic rings. The Balaban J connectivity index is 1.77. The van der Waals surface area contributed by atoms with Crippen LogP contribution in [0.2, 0.25) is 0 Å². The number of carbonyl (C=O) groups is 2. The molecule has 2 aromatic carbocycles. The van der Waals surface area contributed by atoms with Crippen molar-refractivity contribution in [2.45, 2.75) is 32.7 Å². The molecule has 6 nitrogen and oxygen atoms in total.